The van der Waals surface area contributed by atoms with Crippen molar-refractivity contribution in [3.63, 3.8) is 0 Å². The van der Waals surface area contributed by atoms with E-state index in [1.54, 1.807) is 0 Å². The smallest absolute Gasteiger partial charge is 0.306 e. The van der Waals surface area contributed by atoms with Crippen LogP contribution in [-0.2, 0) is 19.0 Å². The zero-order valence-electron chi connectivity index (χ0n) is 19.6. The lowest BCUT2D eigenvalue weighted by molar-refractivity contribution is -0.196. The first-order chi connectivity index (χ1) is 15.3. The number of carbonyl (C=O) groups excluding carboxylic acids is 1. The standard InChI is InChI=1S/C26H44O4S/c1-2-3-4-7-12-18-31-19-16-22-21-13-8-5-6-9-14-25(27)29-23(21)20-24(22)30-26-15-10-11-17-28-26/h5,8,21-24,26H,2-4,6-7,9-20H2,1H3/b8-5-/t21-,22-,23+,24-,26?/m1/s1. The Morgan fingerprint density at radius 3 is 2.84 bits per heavy atom. The lowest BCUT2D eigenvalue weighted by Crippen LogP contribution is -2.31. The van der Waals surface area contributed by atoms with Crippen LogP contribution < -0.4 is 0 Å². The van der Waals surface area contributed by atoms with Crippen molar-refractivity contribution in [2.75, 3.05) is 18.1 Å². The van der Waals surface area contributed by atoms with E-state index in [1.165, 1.54) is 50.0 Å². The summed E-state index contributed by atoms with van der Waals surface area (Å²) in [7, 11) is 0. The number of allylic oxidation sites excluding steroid dienone is 2. The quantitative estimate of drug-likeness (QED) is 0.199. The Morgan fingerprint density at radius 1 is 1.10 bits per heavy atom. The molecule has 5 heteroatoms. The van der Waals surface area contributed by atoms with Gasteiger partial charge in [0.2, 0.25) is 0 Å². The number of unbranched alkanes of at least 4 members (excludes halogenated alkanes) is 4. The Labute approximate surface area is 194 Å². The van der Waals surface area contributed by atoms with Crippen molar-refractivity contribution in [2.45, 2.75) is 115 Å². The molecule has 0 radical (unpaired) electrons. The van der Waals surface area contributed by atoms with Crippen LogP contribution in [0.3, 0.4) is 0 Å². The summed E-state index contributed by atoms with van der Waals surface area (Å²) in [4.78, 5) is 12.3. The van der Waals surface area contributed by atoms with E-state index in [4.69, 9.17) is 14.2 Å². The Balaban J connectivity index is 1.55. The van der Waals surface area contributed by atoms with Gasteiger partial charge in [0.15, 0.2) is 6.29 Å². The van der Waals surface area contributed by atoms with Gasteiger partial charge in [-0.05, 0) is 68.8 Å². The van der Waals surface area contributed by atoms with Crippen LogP contribution >= 0.6 is 11.8 Å². The van der Waals surface area contributed by atoms with Gasteiger partial charge >= 0.3 is 5.97 Å². The lowest BCUT2D eigenvalue weighted by Gasteiger charge is -2.30. The monoisotopic (exact) mass is 452 g/mol. The van der Waals surface area contributed by atoms with Crippen LogP contribution in [0.4, 0.5) is 0 Å². The summed E-state index contributed by atoms with van der Waals surface area (Å²) in [5, 5.41) is 0. The van der Waals surface area contributed by atoms with Crippen molar-refractivity contribution >= 4 is 17.7 Å². The molecule has 0 bridgehead atoms. The van der Waals surface area contributed by atoms with Gasteiger partial charge in [0.1, 0.15) is 6.10 Å². The molecule has 0 aromatic heterocycles. The zero-order chi connectivity index (χ0) is 21.7. The second-order valence-electron chi connectivity index (χ2n) is 9.48. The molecule has 1 saturated heterocycles. The van der Waals surface area contributed by atoms with Crippen LogP contribution in [0.25, 0.3) is 0 Å². The summed E-state index contributed by atoms with van der Waals surface area (Å²) < 4.78 is 18.4. The predicted molar refractivity (Wildman–Crippen MR) is 128 cm³/mol. The summed E-state index contributed by atoms with van der Waals surface area (Å²) in [6.45, 7) is 3.08. The summed E-state index contributed by atoms with van der Waals surface area (Å²) in [5.41, 5.74) is 0. The lowest BCUT2D eigenvalue weighted by atomic mass is 9.88. The summed E-state index contributed by atoms with van der Waals surface area (Å²) in [6, 6.07) is 0. The molecular weight excluding hydrogens is 408 g/mol. The predicted octanol–water partition coefficient (Wildman–Crippen LogP) is 6.67. The largest absolute Gasteiger partial charge is 0.462 e. The minimum absolute atomic E-state index is 0.00659. The van der Waals surface area contributed by atoms with Crippen LogP contribution in [0.15, 0.2) is 12.2 Å². The molecule has 2 fully saturated rings. The fourth-order valence-electron chi connectivity index (χ4n) is 5.25. The van der Waals surface area contributed by atoms with Gasteiger partial charge in [-0.2, -0.15) is 11.8 Å². The highest BCUT2D eigenvalue weighted by atomic mass is 32.2. The number of esters is 1. The molecule has 1 unspecified atom stereocenters. The summed E-state index contributed by atoms with van der Waals surface area (Å²) in [5.74, 6) is 3.22. The van der Waals surface area contributed by atoms with E-state index >= 15 is 0 Å². The molecule has 31 heavy (non-hydrogen) atoms. The minimum atomic E-state index is -0.0752. The average Bonchev–Trinajstić information content (AvgIpc) is 3.09. The van der Waals surface area contributed by atoms with Gasteiger partial charge in [-0.15, -0.1) is 0 Å². The third kappa shape index (κ3) is 8.74. The van der Waals surface area contributed by atoms with Gasteiger partial charge in [0, 0.05) is 25.4 Å². The second kappa shape index (κ2) is 14.6. The van der Waals surface area contributed by atoms with Crippen molar-refractivity contribution in [1.82, 2.24) is 0 Å². The number of ether oxygens (including phenoxy) is 3. The molecule has 1 saturated carbocycles. The number of hydrogen-bond donors (Lipinski definition) is 0. The first-order valence-corrected chi connectivity index (χ1v) is 14.1. The fraction of sp³-hybridized carbons (Fsp3) is 0.885. The maximum absolute atomic E-state index is 12.3. The topological polar surface area (TPSA) is 44.8 Å². The summed E-state index contributed by atoms with van der Waals surface area (Å²) >= 11 is 2.09. The molecule has 0 N–H and O–H groups in total. The summed E-state index contributed by atoms with van der Waals surface area (Å²) in [6.07, 6.45) is 20.1. The SMILES string of the molecule is CCCCCCCSCC[C@@H]1[C@H]2C/C=C\CCCC(=O)O[C@H]2C[C@H]1OC1CCCCO1. The van der Waals surface area contributed by atoms with Crippen molar-refractivity contribution in [3.05, 3.63) is 12.2 Å². The molecule has 4 nitrogen and oxygen atoms in total. The molecule has 1 aliphatic carbocycles. The van der Waals surface area contributed by atoms with Crippen molar-refractivity contribution < 1.29 is 19.0 Å². The second-order valence-corrected chi connectivity index (χ2v) is 10.7. The number of carbonyl (C=O) groups is 1. The Hall–Kier alpha value is -0.520. The number of rotatable bonds is 11. The molecule has 0 aromatic rings. The number of thioether (sulfide) groups is 1. The van der Waals surface area contributed by atoms with Gasteiger partial charge in [-0.1, -0.05) is 44.8 Å². The van der Waals surface area contributed by atoms with Crippen molar-refractivity contribution in [2.24, 2.45) is 11.8 Å². The van der Waals surface area contributed by atoms with Gasteiger partial charge in [-0.25, -0.2) is 0 Å². The molecule has 0 spiro atoms. The van der Waals surface area contributed by atoms with E-state index < -0.39 is 0 Å². The molecule has 178 valence electrons. The molecular formula is C26H44O4S. The van der Waals surface area contributed by atoms with E-state index in [9.17, 15) is 4.79 Å². The van der Waals surface area contributed by atoms with Crippen molar-refractivity contribution in [3.8, 4) is 0 Å². The van der Waals surface area contributed by atoms with E-state index in [2.05, 4.69) is 30.8 Å². The Morgan fingerprint density at radius 2 is 2.00 bits per heavy atom. The van der Waals surface area contributed by atoms with Gasteiger partial charge in [-0.3, -0.25) is 4.79 Å². The highest BCUT2D eigenvalue weighted by Crippen LogP contribution is 2.43. The molecule has 3 rings (SSSR count). The third-order valence-corrected chi connectivity index (χ3v) is 8.13. The van der Waals surface area contributed by atoms with Crippen LogP contribution in [-0.4, -0.2) is 42.6 Å². The van der Waals surface area contributed by atoms with Crippen molar-refractivity contribution in [1.29, 1.82) is 0 Å². The average molecular weight is 453 g/mol. The molecule has 0 aromatic carbocycles. The zero-order valence-corrected chi connectivity index (χ0v) is 20.4. The van der Waals surface area contributed by atoms with E-state index in [0.717, 1.165) is 51.6 Å². The van der Waals surface area contributed by atoms with Gasteiger partial charge < -0.3 is 14.2 Å². The van der Waals surface area contributed by atoms with E-state index in [0.29, 0.717) is 18.3 Å². The molecule has 3 aliphatic rings. The highest BCUT2D eigenvalue weighted by molar-refractivity contribution is 7.99. The van der Waals surface area contributed by atoms with Gasteiger partial charge in [0.05, 0.1) is 6.10 Å². The van der Waals surface area contributed by atoms with E-state index in [-0.39, 0.29) is 24.5 Å². The van der Waals surface area contributed by atoms with Gasteiger partial charge in [0.25, 0.3) is 0 Å². The first-order valence-electron chi connectivity index (χ1n) is 13.0. The minimum Gasteiger partial charge on any atom is -0.462 e. The fourth-order valence-corrected chi connectivity index (χ4v) is 6.31. The Kier molecular flexibility index (Phi) is 11.8. The molecule has 2 aliphatic heterocycles. The van der Waals surface area contributed by atoms with Crippen LogP contribution in [0, 0.1) is 11.8 Å². The molecule has 5 atom stereocenters. The Bertz CT molecular complexity index is 532. The highest BCUT2D eigenvalue weighted by Gasteiger charge is 2.46. The molecule has 2 heterocycles. The third-order valence-electron chi connectivity index (χ3n) is 7.03. The number of hydrogen-bond acceptors (Lipinski definition) is 5. The first kappa shape index (κ1) is 25.1. The van der Waals surface area contributed by atoms with E-state index in [1.807, 2.05) is 0 Å². The van der Waals surface area contributed by atoms with Crippen LogP contribution in [0.1, 0.15) is 96.8 Å². The normalized spacial score (nSPS) is 32.9. The maximum atomic E-state index is 12.3. The van der Waals surface area contributed by atoms with Crippen LogP contribution in [0.2, 0.25) is 0 Å². The molecule has 0 amide bonds. The number of fused-ring (bicyclic) bond motifs is 1. The van der Waals surface area contributed by atoms with Crippen LogP contribution in [0.5, 0.6) is 0 Å². The maximum Gasteiger partial charge on any atom is 0.306 e.